The molecule has 14 heavy (non-hydrogen) atoms. The van der Waals surface area contributed by atoms with Crippen LogP contribution in [-0.2, 0) is 14.3 Å². The third kappa shape index (κ3) is 7.88. The number of hydrogen-bond acceptors (Lipinski definition) is 5. The summed E-state index contributed by atoms with van der Waals surface area (Å²) >= 11 is 1.46. The van der Waals surface area contributed by atoms with Gasteiger partial charge in [0.25, 0.3) is 0 Å². The highest BCUT2D eigenvalue weighted by atomic mass is 32.2. The van der Waals surface area contributed by atoms with Crippen molar-refractivity contribution >= 4 is 23.6 Å². The molecule has 0 aliphatic rings. The van der Waals surface area contributed by atoms with Crippen LogP contribution in [0.1, 0.15) is 19.8 Å². The number of rotatable bonds is 7. The number of nitrogens with two attached hydrogens (primary N) is 1. The summed E-state index contributed by atoms with van der Waals surface area (Å²) in [5.74, 6) is 5.61. The fourth-order valence-electron chi connectivity index (χ4n) is 0.765. The van der Waals surface area contributed by atoms with Crippen LogP contribution in [0.2, 0.25) is 0 Å². The molecule has 0 aromatic carbocycles. The van der Waals surface area contributed by atoms with Gasteiger partial charge in [0, 0.05) is 6.42 Å². The maximum absolute atomic E-state index is 10.9. The summed E-state index contributed by atoms with van der Waals surface area (Å²) in [7, 11) is 0. The van der Waals surface area contributed by atoms with Crippen LogP contribution in [0.15, 0.2) is 0 Å². The molecule has 0 rings (SSSR count). The Morgan fingerprint density at radius 1 is 1.50 bits per heavy atom. The zero-order chi connectivity index (χ0) is 10.8. The largest absolute Gasteiger partial charge is 0.465 e. The van der Waals surface area contributed by atoms with E-state index in [1.165, 1.54) is 11.8 Å². The number of amides is 1. The van der Waals surface area contributed by atoms with Crippen LogP contribution in [0.25, 0.3) is 0 Å². The molecule has 5 nitrogen and oxygen atoms in total. The minimum atomic E-state index is -0.208. The standard InChI is InChI=1S/C8H16N2O3S/c1-2-13-8(12)6-14-5-3-4-7(11)10-9/h2-6,9H2,1H3,(H,10,11). The second-order valence-corrected chi connectivity index (χ2v) is 3.63. The second kappa shape index (κ2) is 8.83. The summed E-state index contributed by atoms with van der Waals surface area (Å²) in [5.41, 5.74) is 2.05. The van der Waals surface area contributed by atoms with Crippen molar-refractivity contribution in [2.45, 2.75) is 19.8 Å². The molecule has 6 heteroatoms. The lowest BCUT2D eigenvalue weighted by atomic mass is 10.3. The molecule has 1 amide bonds. The molecule has 0 aromatic heterocycles. The van der Waals surface area contributed by atoms with E-state index in [4.69, 9.17) is 10.6 Å². The Balaban J connectivity index is 3.21. The Morgan fingerprint density at radius 2 is 2.21 bits per heavy atom. The van der Waals surface area contributed by atoms with E-state index in [-0.39, 0.29) is 11.9 Å². The van der Waals surface area contributed by atoms with Crippen molar-refractivity contribution in [1.29, 1.82) is 0 Å². The monoisotopic (exact) mass is 220 g/mol. The Morgan fingerprint density at radius 3 is 2.79 bits per heavy atom. The van der Waals surface area contributed by atoms with Gasteiger partial charge in [-0.25, -0.2) is 5.84 Å². The average Bonchev–Trinajstić information content (AvgIpc) is 2.17. The number of ether oxygens (including phenoxy) is 1. The maximum Gasteiger partial charge on any atom is 0.315 e. The number of thioether (sulfide) groups is 1. The first-order valence-corrected chi connectivity index (χ1v) is 5.59. The third-order valence-electron chi connectivity index (χ3n) is 1.38. The SMILES string of the molecule is CCOC(=O)CSCCCC(=O)NN. The zero-order valence-electron chi connectivity index (χ0n) is 8.25. The van der Waals surface area contributed by atoms with Crippen molar-refractivity contribution in [3.05, 3.63) is 0 Å². The van der Waals surface area contributed by atoms with Gasteiger partial charge in [0.05, 0.1) is 12.4 Å². The minimum absolute atomic E-state index is 0.179. The van der Waals surface area contributed by atoms with Crippen LogP contribution in [0.5, 0.6) is 0 Å². The van der Waals surface area contributed by atoms with Gasteiger partial charge in [-0.05, 0) is 19.1 Å². The molecule has 0 aromatic rings. The molecular formula is C8H16N2O3S. The normalized spacial score (nSPS) is 9.57. The fourth-order valence-corrected chi connectivity index (χ4v) is 1.51. The number of hydrogen-bond donors (Lipinski definition) is 2. The number of nitrogens with one attached hydrogen (secondary N) is 1. The average molecular weight is 220 g/mol. The molecule has 0 spiro atoms. The van der Waals surface area contributed by atoms with Crippen LogP contribution >= 0.6 is 11.8 Å². The quantitative estimate of drug-likeness (QED) is 0.208. The highest BCUT2D eigenvalue weighted by Crippen LogP contribution is 2.04. The number of carbonyl (C=O) groups is 2. The van der Waals surface area contributed by atoms with E-state index < -0.39 is 0 Å². The highest BCUT2D eigenvalue weighted by molar-refractivity contribution is 7.99. The van der Waals surface area contributed by atoms with Crippen molar-refractivity contribution in [2.75, 3.05) is 18.1 Å². The van der Waals surface area contributed by atoms with Gasteiger partial charge in [-0.3, -0.25) is 15.0 Å². The van der Waals surface area contributed by atoms with Crippen LogP contribution < -0.4 is 11.3 Å². The van der Waals surface area contributed by atoms with E-state index in [0.29, 0.717) is 25.2 Å². The predicted octanol–water partition coefficient (Wildman–Crippen LogP) is 0.0528. The maximum atomic E-state index is 10.9. The summed E-state index contributed by atoms with van der Waals surface area (Å²) in [4.78, 5) is 21.5. The van der Waals surface area contributed by atoms with Gasteiger partial charge in [-0.2, -0.15) is 11.8 Å². The molecule has 3 N–H and O–H groups in total. The van der Waals surface area contributed by atoms with Gasteiger partial charge in [0.15, 0.2) is 0 Å². The fraction of sp³-hybridized carbons (Fsp3) is 0.750. The van der Waals surface area contributed by atoms with Crippen molar-refractivity contribution in [2.24, 2.45) is 5.84 Å². The molecule has 0 aliphatic carbocycles. The smallest absolute Gasteiger partial charge is 0.315 e. The molecule has 0 unspecified atom stereocenters. The van der Waals surface area contributed by atoms with Crippen molar-refractivity contribution in [3.63, 3.8) is 0 Å². The predicted molar refractivity (Wildman–Crippen MR) is 55.5 cm³/mol. The summed E-state index contributed by atoms with van der Waals surface area (Å²) in [5, 5.41) is 0. The van der Waals surface area contributed by atoms with E-state index >= 15 is 0 Å². The first kappa shape index (κ1) is 13.2. The molecule has 0 bridgehead atoms. The number of carbonyl (C=O) groups excluding carboxylic acids is 2. The Hall–Kier alpha value is -0.750. The molecular weight excluding hydrogens is 204 g/mol. The second-order valence-electron chi connectivity index (χ2n) is 2.53. The first-order valence-electron chi connectivity index (χ1n) is 4.43. The first-order chi connectivity index (χ1) is 6.70. The van der Waals surface area contributed by atoms with Gasteiger partial charge < -0.3 is 4.74 Å². The molecule has 0 saturated heterocycles. The molecule has 0 aliphatic heterocycles. The van der Waals surface area contributed by atoms with Crippen LogP contribution in [0.3, 0.4) is 0 Å². The van der Waals surface area contributed by atoms with E-state index in [2.05, 4.69) is 0 Å². The van der Waals surface area contributed by atoms with Gasteiger partial charge in [0.2, 0.25) is 5.91 Å². The van der Waals surface area contributed by atoms with E-state index in [0.717, 1.165) is 5.75 Å². The lowest BCUT2D eigenvalue weighted by Gasteiger charge is -2.01. The lowest BCUT2D eigenvalue weighted by molar-refractivity contribution is -0.139. The molecule has 0 heterocycles. The topological polar surface area (TPSA) is 81.4 Å². The third-order valence-corrected chi connectivity index (χ3v) is 2.40. The summed E-state index contributed by atoms with van der Waals surface area (Å²) in [6, 6.07) is 0. The van der Waals surface area contributed by atoms with Crippen LogP contribution in [0.4, 0.5) is 0 Å². The summed E-state index contributed by atoms with van der Waals surface area (Å²) < 4.78 is 4.73. The van der Waals surface area contributed by atoms with Gasteiger partial charge in [0.1, 0.15) is 0 Å². The molecule has 0 atom stereocenters. The number of esters is 1. The highest BCUT2D eigenvalue weighted by Gasteiger charge is 2.02. The summed E-state index contributed by atoms with van der Waals surface area (Å²) in [6.07, 6.45) is 1.11. The molecule has 82 valence electrons. The van der Waals surface area contributed by atoms with Crippen molar-refractivity contribution in [3.8, 4) is 0 Å². The van der Waals surface area contributed by atoms with Crippen LogP contribution in [0, 0.1) is 0 Å². The minimum Gasteiger partial charge on any atom is -0.465 e. The Bertz CT molecular complexity index is 187. The van der Waals surface area contributed by atoms with Crippen molar-refractivity contribution in [1.82, 2.24) is 5.43 Å². The number of hydrazine groups is 1. The van der Waals surface area contributed by atoms with Gasteiger partial charge in [-0.1, -0.05) is 0 Å². The Labute approximate surface area is 87.7 Å². The Kier molecular flexibility index (Phi) is 8.36. The van der Waals surface area contributed by atoms with Crippen LogP contribution in [-0.4, -0.2) is 30.0 Å². The molecule has 0 saturated carbocycles. The lowest BCUT2D eigenvalue weighted by Crippen LogP contribution is -2.29. The zero-order valence-corrected chi connectivity index (χ0v) is 9.06. The van der Waals surface area contributed by atoms with Gasteiger partial charge in [-0.15, -0.1) is 0 Å². The van der Waals surface area contributed by atoms with E-state index in [1.807, 2.05) is 5.43 Å². The van der Waals surface area contributed by atoms with E-state index in [1.54, 1.807) is 6.92 Å². The summed E-state index contributed by atoms with van der Waals surface area (Å²) in [6.45, 7) is 2.18. The van der Waals surface area contributed by atoms with E-state index in [9.17, 15) is 9.59 Å². The van der Waals surface area contributed by atoms with Crippen molar-refractivity contribution < 1.29 is 14.3 Å². The molecule has 0 radical (unpaired) electrons. The van der Waals surface area contributed by atoms with Gasteiger partial charge >= 0.3 is 5.97 Å². The molecule has 0 fully saturated rings.